The zero-order valence-corrected chi connectivity index (χ0v) is 19.3. The van der Waals surface area contributed by atoms with Crippen molar-refractivity contribution in [3.63, 3.8) is 0 Å². The summed E-state index contributed by atoms with van der Waals surface area (Å²) in [5.41, 5.74) is 4.02. The van der Waals surface area contributed by atoms with E-state index in [0.717, 1.165) is 27.9 Å². The van der Waals surface area contributed by atoms with Crippen molar-refractivity contribution in [3.05, 3.63) is 86.9 Å². The maximum atomic E-state index is 13.4. The van der Waals surface area contributed by atoms with Crippen molar-refractivity contribution < 1.29 is 14.0 Å². The standard InChI is InChI=1S/C25H24BrFN2O2/c1-14-21(24(31)29-18-10-8-17(27)9-11-18)22(15-4-6-16(26)7-5-15)23-19(28-14)12-25(2,3)13-20(23)30/h4-11,22,28H,12-13H2,1-3H3,(H,29,31)/t22-/m0/s1. The van der Waals surface area contributed by atoms with Crippen molar-refractivity contribution >= 4 is 33.3 Å². The summed E-state index contributed by atoms with van der Waals surface area (Å²) in [5, 5.41) is 6.21. The molecule has 4 nitrogen and oxygen atoms in total. The second-order valence-corrected chi connectivity index (χ2v) is 9.86. The predicted octanol–water partition coefficient (Wildman–Crippen LogP) is 5.83. The molecule has 160 valence electrons. The monoisotopic (exact) mass is 482 g/mol. The summed E-state index contributed by atoms with van der Waals surface area (Å²) in [5.74, 6) is -1.08. The van der Waals surface area contributed by atoms with Crippen LogP contribution in [0.3, 0.4) is 0 Å². The van der Waals surface area contributed by atoms with Gasteiger partial charge in [-0.3, -0.25) is 9.59 Å². The number of anilines is 1. The van der Waals surface area contributed by atoms with E-state index in [1.807, 2.05) is 31.2 Å². The first kappa shape index (κ1) is 21.5. The van der Waals surface area contributed by atoms with Crippen LogP contribution in [0.5, 0.6) is 0 Å². The zero-order valence-electron chi connectivity index (χ0n) is 17.7. The number of rotatable bonds is 3. The fourth-order valence-corrected chi connectivity index (χ4v) is 4.72. The number of allylic oxidation sites excluding steroid dienone is 3. The predicted molar refractivity (Wildman–Crippen MR) is 123 cm³/mol. The largest absolute Gasteiger partial charge is 0.362 e. The SMILES string of the molecule is CC1=C(C(=O)Nc2ccc(F)cc2)[C@H](c2ccc(Br)cc2)C2=C(CC(C)(C)CC2=O)N1. The Morgan fingerprint density at radius 3 is 2.39 bits per heavy atom. The highest BCUT2D eigenvalue weighted by Crippen LogP contribution is 2.46. The van der Waals surface area contributed by atoms with E-state index in [1.54, 1.807) is 0 Å². The van der Waals surface area contributed by atoms with Crippen molar-refractivity contribution in [2.75, 3.05) is 5.32 Å². The molecule has 1 aliphatic carbocycles. The molecule has 6 heteroatoms. The number of carbonyl (C=O) groups excluding carboxylic acids is 2. The number of carbonyl (C=O) groups is 2. The van der Waals surface area contributed by atoms with Crippen LogP contribution in [0.1, 0.15) is 45.1 Å². The first-order valence-corrected chi connectivity index (χ1v) is 11.0. The summed E-state index contributed by atoms with van der Waals surface area (Å²) >= 11 is 3.46. The lowest BCUT2D eigenvalue weighted by atomic mass is 9.68. The molecule has 0 aromatic heterocycles. The number of halogens is 2. The number of hydrogen-bond acceptors (Lipinski definition) is 3. The van der Waals surface area contributed by atoms with E-state index in [2.05, 4.69) is 40.4 Å². The fraction of sp³-hybridized carbons (Fsp3) is 0.280. The molecule has 1 amide bonds. The molecule has 0 unspecified atom stereocenters. The Kier molecular flexibility index (Phi) is 5.60. The van der Waals surface area contributed by atoms with Crippen LogP contribution in [0.25, 0.3) is 0 Å². The Bertz CT molecular complexity index is 1120. The smallest absolute Gasteiger partial charge is 0.254 e. The molecule has 1 heterocycles. The van der Waals surface area contributed by atoms with Crippen LogP contribution >= 0.6 is 15.9 Å². The summed E-state index contributed by atoms with van der Waals surface area (Å²) < 4.78 is 14.2. The third kappa shape index (κ3) is 4.35. The zero-order chi connectivity index (χ0) is 22.3. The Hall–Kier alpha value is -2.73. The molecular weight excluding hydrogens is 459 g/mol. The average molecular weight is 483 g/mol. The van der Waals surface area contributed by atoms with Gasteiger partial charge in [-0.25, -0.2) is 4.39 Å². The molecule has 0 saturated carbocycles. The van der Waals surface area contributed by atoms with Crippen LogP contribution in [0.2, 0.25) is 0 Å². The van der Waals surface area contributed by atoms with Crippen molar-refractivity contribution in [1.82, 2.24) is 5.32 Å². The highest BCUT2D eigenvalue weighted by atomic mass is 79.9. The van der Waals surface area contributed by atoms with E-state index >= 15 is 0 Å². The second kappa shape index (κ2) is 8.08. The number of ketones is 1. The Labute approximate surface area is 189 Å². The number of hydrogen-bond donors (Lipinski definition) is 2. The van der Waals surface area contributed by atoms with Gasteiger partial charge in [0.15, 0.2) is 5.78 Å². The van der Waals surface area contributed by atoms with Gasteiger partial charge in [-0.15, -0.1) is 0 Å². The van der Waals surface area contributed by atoms with Gasteiger partial charge in [0.2, 0.25) is 0 Å². The van der Waals surface area contributed by atoms with E-state index in [4.69, 9.17) is 0 Å². The molecule has 1 aliphatic heterocycles. The topological polar surface area (TPSA) is 58.2 Å². The number of benzene rings is 2. The van der Waals surface area contributed by atoms with E-state index < -0.39 is 5.92 Å². The molecule has 0 fully saturated rings. The van der Waals surface area contributed by atoms with Gasteiger partial charge >= 0.3 is 0 Å². The average Bonchev–Trinajstić information content (AvgIpc) is 2.68. The Balaban J connectivity index is 1.79. The quantitative estimate of drug-likeness (QED) is 0.578. The van der Waals surface area contributed by atoms with Crippen LogP contribution in [0, 0.1) is 11.2 Å². The van der Waals surface area contributed by atoms with E-state index in [-0.39, 0.29) is 22.9 Å². The minimum Gasteiger partial charge on any atom is -0.362 e. The molecule has 2 aromatic rings. The van der Waals surface area contributed by atoms with Crippen LogP contribution in [0.15, 0.2) is 75.5 Å². The molecular formula is C25H24BrFN2O2. The highest BCUT2D eigenvalue weighted by Gasteiger charge is 2.42. The molecule has 31 heavy (non-hydrogen) atoms. The number of dihydropyridines is 1. The van der Waals surface area contributed by atoms with Gasteiger partial charge < -0.3 is 10.6 Å². The van der Waals surface area contributed by atoms with Gasteiger partial charge in [0.1, 0.15) is 5.82 Å². The lowest BCUT2D eigenvalue weighted by molar-refractivity contribution is -0.118. The molecule has 2 N–H and O–H groups in total. The summed E-state index contributed by atoms with van der Waals surface area (Å²) in [7, 11) is 0. The van der Waals surface area contributed by atoms with Crippen molar-refractivity contribution in [2.45, 2.75) is 39.5 Å². The van der Waals surface area contributed by atoms with Gasteiger partial charge in [-0.1, -0.05) is 41.9 Å². The van der Waals surface area contributed by atoms with Crippen LogP contribution in [-0.2, 0) is 9.59 Å². The molecule has 0 bridgehead atoms. The number of nitrogens with one attached hydrogen (secondary N) is 2. The third-order valence-electron chi connectivity index (χ3n) is 5.79. The minimum atomic E-state index is -0.464. The van der Waals surface area contributed by atoms with Crippen LogP contribution in [0.4, 0.5) is 10.1 Å². The van der Waals surface area contributed by atoms with Gasteiger partial charge in [0, 0.05) is 45.0 Å². The second-order valence-electron chi connectivity index (χ2n) is 8.94. The van der Waals surface area contributed by atoms with Crippen molar-refractivity contribution in [1.29, 1.82) is 0 Å². The van der Waals surface area contributed by atoms with Crippen molar-refractivity contribution in [3.8, 4) is 0 Å². The van der Waals surface area contributed by atoms with Gasteiger partial charge in [0.25, 0.3) is 5.91 Å². The molecule has 0 radical (unpaired) electrons. The third-order valence-corrected chi connectivity index (χ3v) is 6.32. The Morgan fingerprint density at radius 2 is 1.74 bits per heavy atom. The highest BCUT2D eigenvalue weighted by molar-refractivity contribution is 9.10. The molecule has 2 aromatic carbocycles. The molecule has 1 atom stereocenters. The van der Waals surface area contributed by atoms with Crippen molar-refractivity contribution in [2.24, 2.45) is 5.41 Å². The summed E-state index contributed by atoms with van der Waals surface area (Å²) in [6.45, 7) is 6.03. The minimum absolute atomic E-state index is 0.0613. The summed E-state index contributed by atoms with van der Waals surface area (Å²) in [6.07, 6.45) is 1.18. The van der Waals surface area contributed by atoms with Gasteiger partial charge in [0.05, 0.1) is 0 Å². The maximum absolute atomic E-state index is 13.4. The lowest BCUT2D eigenvalue weighted by Crippen LogP contribution is -2.39. The first-order valence-electron chi connectivity index (χ1n) is 10.2. The fourth-order valence-electron chi connectivity index (χ4n) is 4.46. The lowest BCUT2D eigenvalue weighted by Gasteiger charge is -2.39. The van der Waals surface area contributed by atoms with Crippen LogP contribution in [-0.4, -0.2) is 11.7 Å². The van der Waals surface area contributed by atoms with E-state index in [1.165, 1.54) is 24.3 Å². The molecule has 2 aliphatic rings. The van der Waals surface area contributed by atoms with Gasteiger partial charge in [-0.2, -0.15) is 0 Å². The number of amides is 1. The van der Waals surface area contributed by atoms with E-state index in [0.29, 0.717) is 23.3 Å². The normalized spacial score (nSPS) is 20.3. The summed E-state index contributed by atoms with van der Waals surface area (Å²) in [6, 6.07) is 13.4. The Morgan fingerprint density at radius 1 is 1.10 bits per heavy atom. The van der Waals surface area contributed by atoms with Gasteiger partial charge in [-0.05, 0) is 60.7 Å². The maximum Gasteiger partial charge on any atom is 0.254 e. The summed E-state index contributed by atoms with van der Waals surface area (Å²) in [4.78, 5) is 26.6. The molecule has 0 spiro atoms. The molecule has 4 rings (SSSR count). The molecule has 0 saturated heterocycles. The van der Waals surface area contributed by atoms with Crippen LogP contribution < -0.4 is 10.6 Å². The number of Topliss-reactive ketones (excluding diaryl/α,β-unsaturated/α-hetero) is 1. The first-order chi connectivity index (χ1) is 14.6. The van der Waals surface area contributed by atoms with E-state index in [9.17, 15) is 14.0 Å².